The summed E-state index contributed by atoms with van der Waals surface area (Å²) in [5.74, 6) is -0.919. The molecule has 20 heavy (non-hydrogen) atoms. The number of nitrogens with two attached hydrogens (primary N) is 1. The van der Waals surface area contributed by atoms with Gasteiger partial charge in [0.15, 0.2) is 0 Å². The fraction of sp³-hybridized carbons (Fsp3) is 0.467. The molecular weight excluding hydrogens is 256 g/mol. The van der Waals surface area contributed by atoms with Crippen molar-refractivity contribution < 1.29 is 14.7 Å². The van der Waals surface area contributed by atoms with Crippen molar-refractivity contribution in [3.8, 4) is 0 Å². The number of hydrogen-bond acceptors (Lipinski definition) is 3. The lowest BCUT2D eigenvalue weighted by Gasteiger charge is -2.30. The Morgan fingerprint density at radius 3 is 2.85 bits per heavy atom. The molecule has 1 heterocycles. The normalized spacial score (nSPS) is 15.6. The minimum atomic E-state index is -0.938. The summed E-state index contributed by atoms with van der Waals surface area (Å²) in [6.45, 7) is 2.52. The Labute approximate surface area is 118 Å². The standard InChI is InChI=1S/C15H20N2O3/c1-10(16)7-8-14(18)17-9-3-5-11-12(15(19)20)4-2-6-13(11)17/h2,4,6,10H,3,5,7-9,16H2,1H3,(H,19,20). The van der Waals surface area contributed by atoms with Crippen molar-refractivity contribution in [2.24, 2.45) is 5.73 Å². The fourth-order valence-electron chi connectivity index (χ4n) is 2.57. The summed E-state index contributed by atoms with van der Waals surface area (Å²) in [5.41, 5.74) is 7.48. The number of aromatic carboxylic acids is 1. The molecule has 108 valence electrons. The zero-order valence-electron chi connectivity index (χ0n) is 11.6. The number of carboxylic acids is 1. The molecule has 3 N–H and O–H groups in total. The van der Waals surface area contributed by atoms with E-state index in [9.17, 15) is 14.7 Å². The van der Waals surface area contributed by atoms with Crippen molar-refractivity contribution in [2.75, 3.05) is 11.4 Å². The molecule has 0 aromatic heterocycles. The van der Waals surface area contributed by atoms with Crippen LogP contribution in [0.5, 0.6) is 0 Å². The van der Waals surface area contributed by atoms with Crippen molar-refractivity contribution in [1.82, 2.24) is 0 Å². The highest BCUT2D eigenvalue weighted by molar-refractivity contribution is 5.98. The summed E-state index contributed by atoms with van der Waals surface area (Å²) in [7, 11) is 0. The van der Waals surface area contributed by atoms with E-state index < -0.39 is 5.97 Å². The van der Waals surface area contributed by atoms with E-state index in [1.54, 1.807) is 17.0 Å². The van der Waals surface area contributed by atoms with Gasteiger partial charge in [0.2, 0.25) is 5.91 Å². The molecule has 1 aliphatic rings. The van der Waals surface area contributed by atoms with E-state index in [0.717, 1.165) is 17.7 Å². The lowest BCUT2D eigenvalue weighted by molar-refractivity contribution is -0.118. The predicted molar refractivity (Wildman–Crippen MR) is 77.0 cm³/mol. The number of rotatable bonds is 4. The third-order valence-electron chi connectivity index (χ3n) is 3.60. The third-order valence-corrected chi connectivity index (χ3v) is 3.60. The highest BCUT2D eigenvalue weighted by Crippen LogP contribution is 2.30. The minimum absolute atomic E-state index is 0.00596. The molecule has 5 nitrogen and oxygen atoms in total. The number of benzene rings is 1. The predicted octanol–water partition coefficient (Wildman–Crippen LogP) is 1.79. The monoisotopic (exact) mass is 276 g/mol. The first-order chi connectivity index (χ1) is 9.50. The molecule has 0 saturated heterocycles. The van der Waals surface area contributed by atoms with E-state index in [2.05, 4.69) is 0 Å². The second-order valence-electron chi connectivity index (χ2n) is 5.27. The first kappa shape index (κ1) is 14.5. The number of carbonyl (C=O) groups is 2. The minimum Gasteiger partial charge on any atom is -0.478 e. The number of fused-ring (bicyclic) bond motifs is 1. The molecule has 0 fully saturated rings. The molecule has 0 saturated carbocycles. The molecule has 1 aromatic rings. The van der Waals surface area contributed by atoms with Crippen molar-refractivity contribution in [2.45, 2.75) is 38.6 Å². The summed E-state index contributed by atoms with van der Waals surface area (Å²) >= 11 is 0. The highest BCUT2D eigenvalue weighted by Gasteiger charge is 2.25. The summed E-state index contributed by atoms with van der Waals surface area (Å²) in [5, 5.41) is 9.22. The van der Waals surface area contributed by atoms with Crippen LogP contribution in [0.4, 0.5) is 5.69 Å². The molecule has 0 bridgehead atoms. The van der Waals surface area contributed by atoms with Gasteiger partial charge < -0.3 is 15.7 Å². The van der Waals surface area contributed by atoms with Crippen LogP contribution in [0, 0.1) is 0 Å². The maximum Gasteiger partial charge on any atom is 0.336 e. The molecule has 1 amide bonds. The van der Waals surface area contributed by atoms with Crippen LogP contribution in [0.3, 0.4) is 0 Å². The first-order valence-corrected chi connectivity index (χ1v) is 6.92. The van der Waals surface area contributed by atoms with E-state index in [1.165, 1.54) is 0 Å². The Morgan fingerprint density at radius 1 is 1.45 bits per heavy atom. The summed E-state index contributed by atoms with van der Waals surface area (Å²) in [4.78, 5) is 25.2. The summed E-state index contributed by atoms with van der Waals surface area (Å²) in [6.07, 6.45) is 2.54. The topological polar surface area (TPSA) is 83.6 Å². The molecule has 1 unspecified atom stereocenters. The Bertz CT molecular complexity index is 526. The van der Waals surface area contributed by atoms with Crippen LogP contribution in [-0.4, -0.2) is 29.6 Å². The summed E-state index contributed by atoms with van der Waals surface area (Å²) < 4.78 is 0. The highest BCUT2D eigenvalue weighted by atomic mass is 16.4. The van der Waals surface area contributed by atoms with Gasteiger partial charge in [-0.1, -0.05) is 6.07 Å². The maximum atomic E-state index is 12.3. The lowest BCUT2D eigenvalue weighted by atomic mass is 9.96. The van der Waals surface area contributed by atoms with Gasteiger partial charge >= 0.3 is 5.97 Å². The van der Waals surface area contributed by atoms with E-state index in [4.69, 9.17) is 5.73 Å². The lowest BCUT2D eigenvalue weighted by Crippen LogP contribution is -2.36. The van der Waals surface area contributed by atoms with Crippen molar-refractivity contribution in [3.05, 3.63) is 29.3 Å². The summed E-state index contributed by atoms with van der Waals surface area (Å²) in [6, 6.07) is 5.11. The van der Waals surface area contributed by atoms with E-state index >= 15 is 0 Å². The largest absolute Gasteiger partial charge is 0.478 e. The molecule has 0 spiro atoms. The number of anilines is 1. The second kappa shape index (κ2) is 6.05. The molecule has 1 aromatic carbocycles. The van der Waals surface area contributed by atoms with Gasteiger partial charge in [-0.05, 0) is 43.9 Å². The average molecular weight is 276 g/mol. The number of carboxylic acid groups (broad SMARTS) is 1. The quantitative estimate of drug-likeness (QED) is 0.878. The maximum absolute atomic E-state index is 12.3. The Balaban J connectivity index is 2.26. The Morgan fingerprint density at radius 2 is 2.20 bits per heavy atom. The van der Waals surface area contributed by atoms with Crippen LogP contribution in [0.1, 0.15) is 42.1 Å². The number of hydrogen-bond donors (Lipinski definition) is 2. The number of amides is 1. The third kappa shape index (κ3) is 2.99. The van der Waals surface area contributed by atoms with Gasteiger partial charge in [0.05, 0.1) is 5.56 Å². The van der Waals surface area contributed by atoms with Crippen molar-refractivity contribution in [1.29, 1.82) is 0 Å². The van der Waals surface area contributed by atoms with E-state index in [1.807, 2.05) is 13.0 Å². The molecule has 1 atom stereocenters. The Kier molecular flexibility index (Phi) is 4.39. The van der Waals surface area contributed by atoms with Gasteiger partial charge in [-0.25, -0.2) is 4.79 Å². The zero-order chi connectivity index (χ0) is 14.7. The van der Waals surface area contributed by atoms with Crippen LogP contribution >= 0.6 is 0 Å². The SMILES string of the molecule is CC(N)CCC(=O)N1CCCc2c(C(=O)O)cccc21. The molecular formula is C15H20N2O3. The average Bonchev–Trinajstić information content (AvgIpc) is 2.43. The molecule has 0 radical (unpaired) electrons. The zero-order valence-corrected chi connectivity index (χ0v) is 11.6. The van der Waals surface area contributed by atoms with Gasteiger partial charge in [-0.3, -0.25) is 4.79 Å². The van der Waals surface area contributed by atoms with Crippen LogP contribution in [0.15, 0.2) is 18.2 Å². The number of carbonyl (C=O) groups excluding carboxylic acids is 1. The van der Waals surface area contributed by atoms with Gasteiger partial charge in [-0.15, -0.1) is 0 Å². The fourth-order valence-corrected chi connectivity index (χ4v) is 2.57. The molecule has 1 aliphatic heterocycles. The van der Waals surface area contributed by atoms with Crippen molar-refractivity contribution in [3.63, 3.8) is 0 Å². The van der Waals surface area contributed by atoms with E-state index in [-0.39, 0.29) is 11.9 Å². The van der Waals surface area contributed by atoms with Crippen LogP contribution in [0.2, 0.25) is 0 Å². The molecule has 2 rings (SSSR count). The second-order valence-corrected chi connectivity index (χ2v) is 5.27. The smallest absolute Gasteiger partial charge is 0.336 e. The molecule has 5 heteroatoms. The van der Waals surface area contributed by atoms with Crippen LogP contribution < -0.4 is 10.6 Å². The molecule has 0 aliphatic carbocycles. The van der Waals surface area contributed by atoms with E-state index in [0.29, 0.717) is 31.4 Å². The number of nitrogens with zero attached hydrogens (tertiary/aromatic N) is 1. The first-order valence-electron chi connectivity index (χ1n) is 6.92. The Hall–Kier alpha value is -1.88. The van der Waals surface area contributed by atoms with Crippen molar-refractivity contribution >= 4 is 17.6 Å². The van der Waals surface area contributed by atoms with Gasteiger partial charge in [-0.2, -0.15) is 0 Å². The van der Waals surface area contributed by atoms with Crippen LogP contribution in [0.25, 0.3) is 0 Å². The van der Waals surface area contributed by atoms with Gasteiger partial charge in [0.1, 0.15) is 0 Å². The van der Waals surface area contributed by atoms with Gasteiger partial charge in [0.25, 0.3) is 0 Å². The van der Waals surface area contributed by atoms with Crippen LogP contribution in [-0.2, 0) is 11.2 Å². The van der Waals surface area contributed by atoms with Gasteiger partial charge in [0, 0.05) is 24.7 Å².